The average Bonchev–Trinajstić information content (AvgIpc) is 2.41. The van der Waals surface area contributed by atoms with Crippen molar-refractivity contribution in [2.45, 2.75) is 6.42 Å². The predicted octanol–water partition coefficient (Wildman–Crippen LogP) is 2.01. The van der Waals surface area contributed by atoms with Crippen molar-refractivity contribution in [1.82, 2.24) is 9.97 Å². The van der Waals surface area contributed by atoms with Crippen LogP contribution in [-0.4, -0.2) is 30.2 Å². The Bertz CT molecular complexity index is 601. The lowest BCUT2D eigenvalue weighted by Crippen LogP contribution is -2.06. The van der Waals surface area contributed by atoms with Crippen molar-refractivity contribution in [1.29, 1.82) is 0 Å². The second-order valence-corrected chi connectivity index (χ2v) is 3.97. The molecular weight excluding hydrogens is 256 g/mol. The highest BCUT2D eigenvalue weighted by molar-refractivity contribution is 6.32. The fourth-order valence-corrected chi connectivity index (χ4v) is 1.78. The molecule has 0 fully saturated rings. The van der Waals surface area contributed by atoms with Gasteiger partial charge in [0.25, 0.3) is 0 Å². The van der Waals surface area contributed by atoms with E-state index in [0.717, 1.165) is 0 Å². The highest BCUT2D eigenvalue weighted by Crippen LogP contribution is 2.25. The monoisotopic (exact) mass is 266 g/mol. The van der Waals surface area contributed by atoms with E-state index >= 15 is 0 Å². The van der Waals surface area contributed by atoms with Gasteiger partial charge in [-0.25, -0.2) is 4.98 Å². The molecule has 0 amide bonds. The first kappa shape index (κ1) is 12.6. The van der Waals surface area contributed by atoms with Crippen LogP contribution in [0.3, 0.4) is 0 Å². The second kappa shape index (κ2) is 5.18. The van der Waals surface area contributed by atoms with E-state index < -0.39 is 0 Å². The minimum Gasteiger partial charge on any atom is -0.481 e. The molecule has 0 spiro atoms. The van der Waals surface area contributed by atoms with Gasteiger partial charge in [0, 0.05) is 17.8 Å². The van der Waals surface area contributed by atoms with Gasteiger partial charge in [0.1, 0.15) is 0 Å². The van der Waals surface area contributed by atoms with Crippen LogP contribution >= 0.6 is 11.6 Å². The number of fused-ring (bicyclic) bond motifs is 1. The molecule has 2 rings (SSSR count). The van der Waals surface area contributed by atoms with Gasteiger partial charge in [0.15, 0.2) is 0 Å². The van der Waals surface area contributed by atoms with Gasteiger partial charge in [-0.3, -0.25) is 9.78 Å². The number of hydrogen-bond acceptors (Lipinski definition) is 5. The molecule has 2 aromatic rings. The highest BCUT2D eigenvalue weighted by Gasteiger charge is 2.14. The fraction of sp³-hybridized carbons (Fsp3) is 0.250. The lowest BCUT2D eigenvalue weighted by atomic mass is 10.1. The van der Waals surface area contributed by atoms with Crippen molar-refractivity contribution < 1.29 is 14.3 Å². The molecule has 18 heavy (non-hydrogen) atoms. The summed E-state index contributed by atoms with van der Waals surface area (Å²) in [7, 11) is 2.85. The summed E-state index contributed by atoms with van der Waals surface area (Å²) in [5.41, 5.74) is 1.79. The molecule has 0 bridgehead atoms. The van der Waals surface area contributed by atoms with Crippen molar-refractivity contribution >= 4 is 28.6 Å². The zero-order valence-corrected chi connectivity index (χ0v) is 10.7. The number of carbonyl (C=O) groups is 1. The van der Waals surface area contributed by atoms with Gasteiger partial charge in [-0.1, -0.05) is 11.6 Å². The summed E-state index contributed by atoms with van der Waals surface area (Å²) in [4.78, 5) is 19.8. The summed E-state index contributed by atoms with van der Waals surface area (Å²) in [5, 5.41) is 0.383. The van der Waals surface area contributed by atoms with Crippen molar-refractivity contribution in [3.63, 3.8) is 0 Å². The second-order valence-electron chi connectivity index (χ2n) is 3.56. The zero-order valence-electron chi connectivity index (χ0n) is 9.94. The lowest BCUT2D eigenvalue weighted by Gasteiger charge is -2.07. The first-order chi connectivity index (χ1) is 8.65. The molecular formula is C12H11ClN2O3. The van der Waals surface area contributed by atoms with Crippen molar-refractivity contribution in [3.8, 4) is 5.88 Å². The topological polar surface area (TPSA) is 61.3 Å². The van der Waals surface area contributed by atoms with Crippen LogP contribution in [-0.2, 0) is 16.0 Å². The molecule has 0 unspecified atom stereocenters. The Morgan fingerprint density at radius 3 is 2.83 bits per heavy atom. The number of nitrogens with zero attached hydrogens (tertiary/aromatic N) is 2. The molecule has 0 atom stereocenters. The van der Waals surface area contributed by atoms with Gasteiger partial charge >= 0.3 is 5.97 Å². The molecule has 2 heterocycles. The molecule has 0 N–H and O–H groups in total. The average molecular weight is 267 g/mol. The largest absolute Gasteiger partial charge is 0.481 e. The van der Waals surface area contributed by atoms with Crippen LogP contribution in [0.25, 0.3) is 11.0 Å². The molecule has 0 radical (unpaired) electrons. The van der Waals surface area contributed by atoms with Gasteiger partial charge in [-0.15, -0.1) is 0 Å². The van der Waals surface area contributed by atoms with E-state index in [1.54, 1.807) is 12.1 Å². The summed E-state index contributed by atoms with van der Waals surface area (Å²) < 4.78 is 9.69. The van der Waals surface area contributed by atoms with Crippen LogP contribution in [0.1, 0.15) is 5.56 Å². The maximum absolute atomic E-state index is 11.4. The summed E-state index contributed by atoms with van der Waals surface area (Å²) in [6, 6.07) is 3.46. The number of methoxy groups -OCH3 is 2. The van der Waals surface area contributed by atoms with E-state index in [0.29, 0.717) is 27.5 Å². The van der Waals surface area contributed by atoms with Crippen molar-refractivity contribution in [3.05, 3.63) is 28.9 Å². The number of ether oxygens (including phenoxy) is 2. The minimum atomic E-state index is -0.381. The molecule has 0 aliphatic rings. The van der Waals surface area contributed by atoms with E-state index in [1.807, 2.05) is 0 Å². The maximum Gasteiger partial charge on any atom is 0.310 e. The van der Waals surface area contributed by atoms with Gasteiger partial charge in [-0.05, 0) is 6.07 Å². The summed E-state index contributed by atoms with van der Waals surface area (Å²) in [6.45, 7) is 0. The standard InChI is InChI=1S/C12H11ClN2O3/c1-17-10-4-3-9-12(15-10)7(5-11(16)18-2)8(13)6-14-9/h3-4,6H,5H2,1-2H3. The van der Waals surface area contributed by atoms with Crippen molar-refractivity contribution in [2.24, 2.45) is 0 Å². The van der Waals surface area contributed by atoms with Crippen LogP contribution in [0.5, 0.6) is 5.88 Å². The third-order valence-corrected chi connectivity index (χ3v) is 2.82. The number of aromatic nitrogens is 2. The molecule has 5 nitrogen and oxygen atoms in total. The van der Waals surface area contributed by atoms with E-state index in [4.69, 9.17) is 16.3 Å². The molecule has 94 valence electrons. The lowest BCUT2D eigenvalue weighted by molar-refractivity contribution is -0.139. The van der Waals surface area contributed by atoms with Crippen LogP contribution in [0.15, 0.2) is 18.3 Å². The predicted molar refractivity (Wildman–Crippen MR) is 66.8 cm³/mol. The minimum absolute atomic E-state index is 0.0501. The van der Waals surface area contributed by atoms with Crippen LogP contribution in [0, 0.1) is 0 Å². The first-order valence-corrected chi connectivity index (χ1v) is 5.58. The number of halogens is 1. The third-order valence-electron chi connectivity index (χ3n) is 2.50. The molecule has 0 aromatic carbocycles. The Morgan fingerprint density at radius 1 is 1.39 bits per heavy atom. The Morgan fingerprint density at radius 2 is 2.17 bits per heavy atom. The number of rotatable bonds is 3. The SMILES string of the molecule is COC(=O)Cc1c(Cl)cnc2ccc(OC)nc12. The van der Waals surface area contributed by atoms with Crippen molar-refractivity contribution in [2.75, 3.05) is 14.2 Å². The summed E-state index contributed by atoms with van der Waals surface area (Å²) in [6.07, 6.45) is 1.55. The maximum atomic E-state index is 11.4. The fourth-order valence-electron chi connectivity index (χ4n) is 1.58. The van der Waals surface area contributed by atoms with Gasteiger partial charge in [0.05, 0.1) is 36.7 Å². The molecule has 0 saturated heterocycles. The zero-order chi connectivity index (χ0) is 13.1. The Kier molecular flexibility index (Phi) is 3.62. The molecule has 0 aliphatic carbocycles. The number of esters is 1. The Hall–Kier alpha value is -1.88. The molecule has 2 aromatic heterocycles. The number of carbonyl (C=O) groups excluding carboxylic acids is 1. The van der Waals surface area contributed by atoms with Gasteiger partial charge < -0.3 is 9.47 Å². The Balaban J connectivity index is 2.60. The van der Waals surface area contributed by atoms with E-state index in [1.165, 1.54) is 20.4 Å². The van der Waals surface area contributed by atoms with Crippen LogP contribution in [0.2, 0.25) is 5.02 Å². The summed E-state index contributed by atoms with van der Waals surface area (Å²) in [5.74, 6) is 0.0618. The normalized spacial score (nSPS) is 10.4. The van der Waals surface area contributed by atoms with E-state index in [9.17, 15) is 4.79 Å². The quantitative estimate of drug-likeness (QED) is 0.795. The van der Waals surface area contributed by atoms with Gasteiger partial charge in [0.2, 0.25) is 5.88 Å². The number of hydrogen-bond donors (Lipinski definition) is 0. The Labute approximate surface area is 109 Å². The van der Waals surface area contributed by atoms with Crippen LogP contribution in [0.4, 0.5) is 0 Å². The summed E-state index contributed by atoms with van der Waals surface area (Å²) >= 11 is 6.05. The first-order valence-electron chi connectivity index (χ1n) is 5.20. The van der Waals surface area contributed by atoms with Gasteiger partial charge in [-0.2, -0.15) is 0 Å². The van der Waals surface area contributed by atoms with E-state index in [2.05, 4.69) is 14.7 Å². The van der Waals surface area contributed by atoms with E-state index in [-0.39, 0.29) is 12.4 Å². The third kappa shape index (κ3) is 2.36. The van der Waals surface area contributed by atoms with Crippen LogP contribution < -0.4 is 4.74 Å². The number of pyridine rings is 2. The molecule has 0 saturated carbocycles. The molecule has 0 aliphatic heterocycles. The molecule has 6 heteroatoms. The highest BCUT2D eigenvalue weighted by atomic mass is 35.5. The smallest absolute Gasteiger partial charge is 0.310 e.